The van der Waals surface area contributed by atoms with Gasteiger partial charge in [-0.05, 0) is 36.5 Å². The second-order valence-corrected chi connectivity index (χ2v) is 11.9. The highest BCUT2D eigenvalue weighted by atomic mass is 35.5. The predicted molar refractivity (Wildman–Crippen MR) is 163 cm³/mol. The van der Waals surface area contributed by atoms with Crippen molar-refractivity contribution in [2.24, 2.45) is 0 Å². The van der Waals surface area contributed by atoms with Gasteiger partial charge in [-0.15, -0.1) is 20.8 Å². The van der Waals surface area contributed by atoms with Crippen molar-refractivity contribution in [2.75, 3.05) is 11.6 Å². The van der Waals surface area contributed by atoms with Crippen LogP contribution in [-0.4, -0.2) is 36.8 Å². The Hall–Kier alpha value is -1.73. The van der Waals surface area contributed by atoms with E-state index < -0.39 is 33.5 Å². The summed E-state index contributed by atoms with van der Waals surface area (Å²) in [5.74, 6) is -1.35. The second-order valence-electron chi connectivity index (χ2n) is 7.60. The zero-order valence-corrected chi connectivity index (χ0v) is 26.5. The number of allylic oxidation sites excluding steroid dienone is 3. The molecule has 0 spiro atoms. The highest BCUT2D eigenvalue weighted by Gasteiger charge is 2.49. The van der Waals surface area contributed by atoms with E-state index in [4.69, 9.17) is 34.8 Å². The highest BCUT2D eigenvalue weighted by Crippen LogP contribution is 2.46. The van der Waals surface area contributed by atoms with E-state index in [2.05, 4.69) is 21.1 Å². The van der Waals surface area contributed by atoms with E-state index in [0.717, 1.165) is 11.6 Å². The molecule has 38 heavy (non-hydrogen) atoms. The van der Waals surface area contributed by atoms with Gasteiger partial charge in [0.05, 0.1) is 22.0 Å². The fraction of sp³-hybridized carbons (Fsp3) is 0.333. The smallest absolute Gasteiger partial charge is 0.261 e. The van der Waals surface area contributed by atoms with Gasteiger partial charge < -0.3 is 10.4 Å². The molecule has 0 aliphatic carbocycles. The van der Waals surface area contributed by atoms with Crippen molar-refractivity contribution in [3.8, 4) is 0 Å². The lowest BCUT2D eigenvalue weighted by molar-refractivity contribution is -0.133. The van der Waals surface area contributed by atoms with Crippen LogP contribution in [0.5, 0.6) is 0 Å². The lowest BCUT2D eigenvalue weighted by atomic mass is 9.88. The molecule has 6 nitrogen and oxygen atoms in total. The molecule has 1 amide bonds. The molecule has 3 unspecified atom stereocenters. The number of amides is 1. The van der Waals surface area contributed by atoms with Gasteiger partial charge in [-0.2, -0.15) is 0 Å². The van der Waals surface area contributed by atoms with Crippen molar-refractivity contribution in [2.45, 2.75) is 56.9 Å². The number of anilines is 1. The Morgan fingerprint density at radius 1 is 1.11 bits per heavy atom. The van der Waals surface area contributed by atoms with Crippen LogP contribution in [0.2, 0.25) is 10.0 Å². The molecule has 2 aromatic rings. The van der Waals surface area contributed by atoms with Crippen molar-refractivity contribution in [1.29, 1.82) is 0 Å². The van der Waals surface area contributed by atoms with E-state index in [0.29, 0.717) is 0 Å². The highest BCUT2D eigenvalue weighted by molar-refractivity contribution is 7.90. The van der Waals surface area contributed by atoms with Crippen LogP contribution in [0.25, 0.3) is 0 Å². The minimum absolute atomic E-state index is 0.0535. The number of fused-ring (bicyclic) bond motifs is 1. The number of sulfone groups is 1. The standard InChI is InChI=1S/C17H13Cl2NO5S.C6H10ClP.2C2H6/c1-26(24,25)10-4-2-9(3-5-10)13(21)8-17(23)14-11(18)6-7-12(19)15(14)20-16(17)22;1-5(7)3-4-6(2)8;2*1-2/h2-7,23H,8H2,1H3,(H,20,22);3-5H,2,8H2,1H3;2*1-2H3/b;4-3-;;. The van der Waals surface area contributed by atoms with Crippen LogP contribution in [0, 0.1) is 0 Å². The normalized spacial score (nSPS) is 16.4. The molecule has 0 radical (unpaired) electrons. The number of aliphatic hydroxyl groups is 1. The Morgan fingerprint density at radius 3 is 2.03 bits per heavy atom. The number of ketones is 1. The molecule has 1 aliphatic heterocycles. The van der Waals surface area contributed by atoms with Gasteiger partial charge >= 0.3 is 0 Å². The van der Waals surface area contributed by atoms with Gasteiger partial charge in [-0.3, -0.25) is 9.59 Å². The molecular formula is C27H35Cl3NO5PS. The van der Waals surface area contributed by atoms with Gasteiger partial charge in [-0.25, -0.2) is 8.42 Å². The molecule has 0 aromatic heterocycles. The maximum atomic E-state index is 12.6. The van der Waals surface area contributed by atoms with Crippen LogP contribution in [-0.2, 0) is 20.2 Å². The second kappa shape index (κ2) is 16.4. The molecule has 11 heteroatoms. The van der Waals surface area contributed by atoms with Crippen LogP contribution in [0.15, 0.2) is 65.3 Å². The Balaban J connectivity index is 0.000000970. The summed E-state index contributed by atoms with van der Waals surface area (Å²) in [6.45, 7) is 13.6. The van der Waals surface area contributed by atoms with Gasteiger partial charge in [0.2, 0.25) is 0 Å². The lowest BCUT2D eigenvalue weighted by Crippen LogP contribution is -2.36. The van der Waals surface area contributed by atoms with Gasteiger partial charge in [-0.1, -0.05) is 81.8 Å². The first-order chi connectivity index (χ1) is 17.7. The number of rotatable bonds is 6. The number of benzene rings is 2. The number of hydrogen-bond acceptors (Lipinski definition) is 5. The zero-order chi connectivity index (χ0) is 29.8. The average molecular weight is 623 g/mol. The lowest BCUT2D eigenvalue weighted by Gasteiger charge is -2.21. The van der Waals surface area contributed by atoms with Crippen molar-refractivity contribution < 1.29 is 23.1 Å². The van der Waals surface area contributed by atoms with E-state index in [9.17, 15) is 23.1 Å². The zero-order valence-electron chi connectivity index (χ0n) is 22.3. The largest absolute Gasteiger partial charge is 0.375 e. The molecule has 2 aromatic carbocycles. The summed E-state index contributed by atoms with van der Waals surface area (Å²) in [6.07, 6.45) is 4.25. The number of nitrogens with one attached hydrogen (secondary N) is 1. The van der Waals surface area contributed by atoms with Crippen molar-refractivity contribution >= 4 is 71.3 Å². The first-order valence-electron chi connectivity index (χ1n) is 11.8. The van der Waals surface area contributed by atoms with Crippen LogP contribution >= 0.6 is 44.0 Å². The maximum absolute atomic E-state index is 12.6. The Kier molecular flexibility index (Phi) is 15.6. The number of hydrogen-bond donors (Lipinski definition) is 2. The Bertz CT molecular complexity index is 1260. The van der Waals surface area contributed by atoms with E-state index in [-0.39, 0.29) is 37.1 Å². The number of Topliss-reactive ketones (excluding diaryl/α,β-unsaturated/α-hetero) is 1. The van der Waals surface area contributed by atoms with Gasteiger partial charge in [0.25, 0.3) is 5.91 Å². The minimum Gasteiger partial charge on any atom is -0.375 e. The summed E-state index contributed by atoms with van der Waals surface area (Å²) in [5.41, 5.74) is -1.78. The van der Waals surface area contributed by atoms with Crippen molar-refractivity contribution in [3.05, 3.63) is 81.6 Å². The van der Waals surface area contributed by atoms with Crippen LogP contribution < -0.4 is 5.32 Å². The SMILES string of the molecule is C=C(P)/C=C\C(C)Cl.CC.CC.CS(=O)(=O)c1ccc(C(=O)CC2(O)C(=O)Nc3c(Cl)ccc(Cl)c32)cc1. The molecule has 0 fully saturated rings. The number of carbonyl (C=O) groups is 2. The molecule has 3 atom stereocenters. The summed E-state index contributed by atoms with van der Waals surface area (Å²) in [6, 6.07) is 8.14. The minimum atomic E-state index is -3.40. The Labute approximate surface area is 243 Å². The molecule has 210 valence electrons. The summed E-state index contributed by atoms with van der Waals surface area (Å²) >= 11 is 17.7. The fourth-order valence-corrected chi connectivity index (χ4v) is 4.39. The van der Waals surface area contributed by atoms with Gasteiger partial charge in [0.15, 0.2) is 21.2 Å². The quantitative estimate of drug-likeness (QED) is 0.151. The molecule has 0 saturated heterocycles. The predicted octanol–water partition coefficient (Wildman–Crippen LogP) is 7.42. The number of halogens is 3. The van der Waals surface area contributed by atoms with Gasteiger partial charge in [0, 0.05) is 27.8 Å². The summed E-state index contributed by atoms with van der Waals surface area (Å²) in [5, 5.41) is 14.7. The number of alkyl halides is 1. The fourth-order valence-electron chi connectivity index (χ4n) is 3.06. The summed E-state index contributed by atoms with van der Waals surface area (Å²) in [7, 11) is -0.912. The molecule has 3 rings (SSSR count). The molecular weight excluding hydrogens is 588 g/mol. The summed E-state index contributed by atoms with van der Waals surface area (Å²) in [4.78, 5) is 24.9. The van der Waals surface area contributed by atoms with Crippen LogP contribution in [0.1, 0.15) is 57.0 Å². The third-order valence-corrected chi connectivity index (χ3v) is 6.82. The molecule has 2 N–H and O–H groups in total. The third kappa shape index (κ3) is 10.1. The summed E-state index contributed by atoms with van der Waals surface area (Å²) < 4.78 is 23.0. The van der Waals surface area contributed by atoms with E-state index >= 15 is 0 Å². The molecule has 0 bridgehead atoms. The topological polar surface area (TPSA) is 101 Å². The first kappa shape index (κ1) is 36.3. The molecule has 1 heterocycles. The van der Waals surface area contributed by atoms with E-state index in [1.54, 1.807) is 0 Å². The molecule has 0 saturated carbocycles. The van der Waals surface area contributed by atoms with E-state index in [1.807, 2.05) is 46.8 Å². The van der Waals surface area contributed by atoms with Crippen molar-refractivity contribution in [1.82, 2.24) is 0 Å². The number of carbonyl (C=O) groups excluding carboxylic acids is 2. The first-order valence-corrected chi connectivity index (χ1v) is 15.4. The van der Waals surface area contributed by atoms with Crippen molar-refractivity contribution in [3.63, 3.8) is 0 Å². The molecule has 1 aliphatic rings. The van der Waals surface area contributed by atoms with E-state index in [1.165, 1.54) is 36.4 Å². The van der Waals surface area contributed by atoms with Crippen LogP contribution in [0.4, 0.5) is 5.69 Å². The average Bonchev–Trinajstić information content (AvgIpc) is 3.13. The monoisotopic (exact) mass is 621 g/mol. The Morgan fingerprint density at radius 2 is 1.61 bits per heavy atom. The van der Waals surface area contributed by atoms with Crippen LogP contribution in [0.3, 0.4) is 0 Å². The maximum Gasteiger partial charge on any atom is 0.261 e. The third-order valence-electron chi connectivity index (χ3n) is 4.73. The van der Waals surface area contributed by atoms with Gasteiger partial charge in [0.1, 0.15) is 0 Å².